The van der Waals surface area contributed by atoms with Crippen LogP contribution in [0.4, 0.5) is 0 Å². The van der Waals surface area contributed by atoms with E-state index in [0.717, 1.165) is 24.9 Å². The molecule has 2 aliphatic rings. The first kappa shape index (κ1) is 12.9. The van der Waals surface area contributed by atoms with Crippen molar-refractivity contribution in [2.75, 3.05) is 0 Å². The largest absolute Gasteiger partial charge is 0.304 e. The number of hydrogen-bond donors (Lipinski definition) is 1. The van der Waals surface area contributed by atoms with Gasteiger partial charge >= 0.3 is 0 Å². The van der Waals surface area contributed by atoms with Gasteiger partial charge in [0.25, 0.3) is 0 Å². The van der Waals surface area contributed by atoms with Gasteiger partial charge in [-0.25, -0.2) is 0 Å². The third kappa shape index (κ3) is 2.59. The van der Waals surface area contributed by atoms with Crippen LogP contribution in [0.15, 0.2) is 12.4 Å². The lowest BCUT2D eigenvalue weighted by atomic mass is 9.84. The standard InChI is InChI=1S/C15H23N3O/c1-2-7-18-10-12(9-16-18)15(19)14-8-11-5-3-4-6-13(11)17-14/h9-11,13-14,17H,2-8H2,1H3. The molecule has 1 aliphatic carbocycles. The summed E-state index contributed by atoms with van der Waals surface area (Å²) in [6.45, 7) is 3.00. The van der Waals surface area contributed by atoms with Crippen molar-refractivity contribution in [3.8, 4) is 0 Å². The van der Waals surface area contributed by atoms with Crippen LogP contribution in [0.5, 0.6) is 0 Å². The second kappa shape index (κ2) is 5.45. The van der Waals surface area contributed by atoms with Crippen LogP contribution in [0.1, 0.15) is 55.8 Å². The van der Waals surface area contributed by atoms with E-state index in [2.05, 4.69) is 17.3 Å². The lowest BCUT2D eigenvalue weighted by Gasteiger charge is -2.24. The first-order valence-electron chi connectivity index (χ1n) is 7.60. The van der Waals surface area contributed by atoms with Gasteiger partial charge in [0.2, 0.25) is 0 Å². The second-order valence-electron chi connectivity index (χ2n) is 5.96. The number of nitrogens with zero attached hydrogens (tertiary/aromatic N) is 2. The van der Waals surface area contributed by atoms with Crippen molar-refractivity contribution in [1.29, 1.82) is 0 Å². The Balaban J connectivity index is 1.66. The molecule has 0 spiro atoms. The van der Waals surface area contributed by atoms with Crippen LogP contribution < -0.4 is 5.32 Å². The third-order valence-corrected chi connectivity index (χ3v) is 4.55. The first-order valence-corrected chi connectivity index (χ1v) is 7.60. The number of hydrogen-bond acceptors (Lipinski definition) is 3. The van der Waals surface area contributed by atoms with Crippen molar-refractivity contribution in [2.24, 2.45) is 5.92 Å². The van der Waals surface area contributed by atoms with Crippen LogP contribution in [-0.2, 0) is 6.54 Å². The Morgan fingerprint density at radius 3 is 3.11 bits per heavy atom. The van der Waals surface area contributed by atoms with Crippen molar-refractivity contribution in [1.82, 2.24) is 15.1 Å². The molecular formula is C15H23N3O. The quantitative estimate of drug-likeness (QED) is 0.847. The molecule has 104 valence electrons. The number of aromatic nitrogens is 2. The van der Waals surface area contributed by atoms with E-state index in [0.29, 0.717) is 12.0 Å². The molecule has 0 aromatic carbocycles. The molecule has 1 saturated heterocycles. The monoisotopic (exact) mass is 261 g/mol. The summed E-state index contributed by atoms with van der Waals surface area (Å²) in [6.07, 6.45) is 10.8. The summed E-state index contributed by atoms with van der Waals surface area (Å²) in [5.74, 6) is 0.949. The average Bonchev–Trinajstić information content (AvgIpc) is 3.04. The summed E-state index contributed by atoms with van der Waals surface area (Å²) in [4.78, 5) is 12.5. The zero-order chi connectivity index (χ0) is 13.2. The molecule has 2 fully saturated rings. The summed E-state index contributed by atoms with van der Waals surface area (Å²) in [5, 5.41) is 7.80. The van der Waals surface area contributed by atoms with Gasteiger partial charge in [0.15, 0.2) is 5.78 Å². The zero-order valence-electron chi connectivity index (χ0n) is 11.6. The molecule has 3 unspecified atom stereocenters. The van der Waals surface area contributed by atoms with Crippen LogP contribution in [0.25, 0.3) is 0 Å². The van der Waals surface area contributed by atoms with Gasteiger partial charge in [0.1, 0.15) is 0 Å². The Morgan fingerprint density at radius 1 is 1.47 bits per heavy atom. The lowest BCUT2D eigenvalue weighted by Crippen LogP contribution is -2.37. The van der Waals surface area contributed by atoms with E-state index in [9.17, 15) is 4.79 Å². The van der Waals surface area contributed by atoms with E-state index in [4.69, 9.17) is 0 Å². The van der Waals surface area contributed by atoms with Crippen molar-refractivity contribution in [3.63, 3.8) is 0 Å². The van der Waals surface area contributed by atoms with Gasteiger partial charge in [-0.15, -0.1) is 0 Å². The van der Waals surface area contributed by atoms with E-state index in [1.54, 1.807) is 6.20 Å². The van der Waals surface area contributed by atoms with Crippen molar-refractivity contribution in [2.45, 2.75) is 64.1 Å². The lowest BCUT2D eigenvalue weighted by molar-refractivity contribution is 0.0949. The molecule has 0 amide bonds. The molecule has 1 aliphatic heterocycles. The fraction of sp³-hybridized carbons (Fsp3) is 0.733. The van der Waals surface area contributed by atoms with Crippen molar-refractivity contribution < 1.29 is 4.79 Å². The highest BCUT2D eigenvalue weighted by Crippen LogP contribution is 2.34. The third-order valence-electron chi connectivity index (χ3n) is 4.55. The number of carbonyl (C=O) groups excluding carboxylic acids is 1. The predicted molar refractivity (Wildman–Crippen MR) is 74.1 cm³/mol. The predicted octanol–water partition coefficient (Wildman–Crippen LogP) is 2.40. The van der Waals surface area contributed by atoms with E-state index < -0.39 is 0 Å². The van der Waals surface area contributed by atoms with Crippen molar-refractivity contribution in [3.05, 3.63) is 18.0 Å². The van der Waals surface area contributed by atoms with Gasteiger partial charge in [-0.2, -0.15) is 5.10 Å². The molecule has 19 heavy (non-hydrogen) atoms. The number of carbonyl (C=O) groups is 1. The summed E-state index contributed by atoms with van der Waals surface area (Å²) < 4.78 is 1.87. The second-order valence-corrected chi connectivity index (χ2v) is 5.96. The minimum absolute atomic E-state index is 0.0207. The normalized spacial score (nSPS) is 30.3. The Kier molecular flexibility index (Phi) is 3.69. The van der Waals surface area contributed by atoms with Gasteiger partial charge in [0, 0.05) is 18.8 Å². The number of fused-ring (bicyclic) bond motifs is 1. The van der Waals surface area contributed by atoms with E-state index >= 15 is 0 Å². The van der Waals surface area contributed by atoms with Crippen molar-refractivity contribution >= 4 is 5.78 Å². The smallest absolute Gasteiger partial charge is 0.182 e. The van der Waals surface area contributed by atoms with Crippen LogP contribution in [-0.4, -0.2) is 27.6 Å². The molecule has 4 heteroatoms. The number of Topliss-reactive ketones (excluding diaryl/α,β-unsaturated/α-hetero) is 1. The van der Waals surface area contributed by atoms with Gasteiger partial charge in [0.05, 0.1) is 17.8 Å². The Hall–Kier alpha value is -1.16. The molecule has 1 saturated carbocycles. The molecule has 0 bridgehead atoms. The van der Waals surface area contributed by atoms with E-state index in [-0.39, 0.29) is 11.8 Å². The average molecular weight is 261 g/mol. The van der Waals surface area contributed by atoms with Crippen LogP contribution in [0.2, 0.25) is 0 Å². The fourth-order valence-corrected chi connectivity index (χ4v) is 3.56. The molecule has 4 nitrogen and oxygen atoms in total. The maximum Gasteiger partial charge on any atom is 0.182 e. The molecule has 2 heterocycles. The summed E-state index contributed by atoms with van der Waals surface area (Å²) in [5.41, 5.74) is 0.768. The number of rotatable bonds is 4. The van der Waals surface area contributed by atoms with Crippen LogP contribution in [0.3, 0.4) is 0 Å². The van der Waals surface area contributed by atoms with Crippen LogP contribution >= 0.6 is 0 Å². The van der Waals surface area contributed by atoms with Gasteiger partial charge in [-0.3, -0.25) is 9.48 Å². The number of nitrogens with one attached hydrogen (secondary N) is 1. The maximum absolute atomic E-state index is 12.5. The SMILES string of the molecule is CCCn1cc(C(=O)C2CC3CCCCC3N2)cn1. The summed E-state index contributed by atoms with van der Waals surface area (Å²) >= 11 is 0. The maximum atomic E-state index is 12.5. The van der Waals surface area contributed by atoms with Crippen LogP contribution in [0, 0.1) is 5.92 Å². The molecule has 3 atom stereocenters. The number of ketones is 1. The van der Waals surface area contributed by atoms with Gasteiger partial charge in [-0.1, -0.05) is 19.8 Å². The highest BCUT2D eigenvalue weighted by atomic mass is 16.1. The zero-order valence-corrected chi connectivity index (χ0v) is 11.6. The van der Waals surface area contributed by atoms with Gasteiger partial charge < -0.3 is 5.32 Å². The molecule has 3 rings (SSSR count). The molecule has 0 radical (unpaired) electrons. The topological polar surface area (TPSA) is 46.9 Å². The first-order chi connectivity index (χ1) is 9.28. The Bertz CT molecular complexity index is 440. The Morgan fingerprint density at radius 2 is 2.32 bits per heavy atom. The molecular weight excluding hydrogens is 238 g/mol. The molecule has 1 N–H and O–H groups in total. The van der Waals surface area contributed by atoms with Gasteiger partial charge in [-0.05, 0) is 31.6 Å². The summed E-state index contributed by atoms with van der Waals surface area (Å²) in [6, 6.07) is 0.598. The number of aryl methyl sites for hydroxylation is 1. The summed E-state index contributed by atoms with van der Waals surface area (Å²) in [7, 11) is 0. The highest BCUT2D eigenvalue weighted by Gasteiger charge is 2.38. The minimum atomic E-state index is 0.0207. The highest BCUT2D eigenvalue weighted by molar-refractivity contribution is 6.00. The van der Waals surface area contributed by atoms with E-state index in [1.165, 1.54) is 25.7 Å². The molecule has 1 aromatic rings. The molecule has 1 aromatic heterocycles. The minimum Gasteiger partial charge on any atom is -0.304 e. The Labute approximate surface area is 114 Å². The fourth-order valence-electron chi connectivity index (χ4n) is 3.56. The van der Waals surface area contributed by atoms with E-state index in [1.807, 2.05) is 10.9 Å².